The van der Waals surface area contributed by atoms with Gasteiger partial charge in [0.2, 0.25) is 0 Å². The molecular formula is C31H31NO6S. The summed E-state index contributed by atoms with van der Waals surface area (Å²) in [5, 5.41) is 1.91. The van der Waals surface area contributed by atoms with Crippen molar-refractivity contribution in [3.63, 3.8) is 0 Å². The Balaban J connectivity index is 1.19. The first-order valence-corrected chi connectivity index (χ1v) is 13.8. The second-order valence-corrected chi connectivity index (χ2v) is 10.6. The summed E-state index contributed by atoms with van der Waals surface area (Å²) in [5.74, 6) is 0.383. The van der Waals surface area contributed by atoms with Crippen molar-refractivity contribution < 1.29 is 28.5 Å². The molecule has 0 bridgehead atoms. The van der Waals surface area contributed by atoms with E-state index in [1.807, 2.05) is 84.9 Å². The monoisotopic (exact) mass is 545 g/mol. The molecule has 39 heavy (non-hydrogen) atoms. The SMILES string of the molecule is CC(COc1ccc(/C=C2\SC(=O)NC2=O)cc1)[C@@H]1OC[C@@H](OCc2ccccc2)[C@H]1OCc1ccccc1. The van der Waals surface area contributed by atoms with Crippen molar-refractivity contribution in [3.8, 4) is 5.75 Å². The summed E-state index contributed by atoms with van der Waals surface area (Å²) in [5.41, 5.74) is 3.02. The van der Waals surface area contributed by atoms with Crippen LogP contribution in [0.4, 0.5) is 4.79 Å². The van der Waals surface area contributed by atoms with Crippen LogP contribution in [0, 0.1) is 5.92 Å². The molecule has 2 saturated heterocycles. The molecule has 202 valence electrons. The number of hydrogen-bond donors (Lipinski definition) is 1. The summed E-state index contributed by atoms with van der Waals surface area (Å²) >= 11 is 0.900. The number of ether oxygens (including phenoxy) is 4. The number of carbonyl (C=O) groups excluding carboxylic acids is 2. The van der Waals surface area contributed by atoms with Gasteiger partial charge in [-0.05, 0) is 46.7 Å². The quantitative estimate of drug-likeness (QED) is 0.314. The predicted molar refractivity (Wildman–Crippen MR) is 150 cm³/mol. The van der Waals surface area contributed by atoms with E-state index in [0.717, 1.165) is 28.5 Å². The Labute approximate surface area is 232 Å². The van der Waals surface area contributed by atoms with E-state index >= 15 is 0 Å². The zero-order valence-electron chi connectivity index (χ0n) is 21.7. The Morgan fingerprint density at radius 3 is 2.18 bits per heavy atom. The van der Waals surface area contributed by atoms with E-state index in [4.69, 9.17) is 18.9 Å². The van der Waals surface area contributed by atoms with Crippen molar-refractivity contribution in [2.75, 3.05) is 13.2 Å². The van der Waals surface area contributed by atoms with Crippen LogP contribution in [-0.2, 0) is 32.2 Å². The number of imide groups is 1. The number of hydrogen-bond acceptors (Lipinski definition) is 7. The molecule has 1 N–H and O–H groups in total. The minimum atomic E-state index is -0.370. The van der Waals surface area contributed by atoms with Crippen LogP contribution in [0.1, 0.15) is 23.6 Å². The average molecular weight is 546 g/mol. The highest BCUT2D eigenvalue weighted by atomic mass is 32.2. The van der Waals surface area contributed by atoms with Crippen LogP contribution in [0.2, 0.25) is 0 Å². The predicted octanol–water partition coefficient (Wildman–Crippen LogP) is 5.60. The molecule has 7 nitrogen and oxygen atoms in total. The molecule has 0 aromatic heterocycles. The van der Waals surface area contributed by atoms with Crippen LogP contribution in [0.15, 0.2) is 89.8 Å². The van der Waals surface area contributed by atoms with Crippen LogP contribution in [0.3, 0.4) is 0 Å². The van der Waals surface area contributed by atoms with Gasteiger partial charge in [-0.2, -0.15) is 0 Å². The van der Waals surface area contributed by atoms with E-state index in [1.165, 1.54) is 0 Å². The zero-order valence-corrected chi connectivity index (χ0v) is 22.5. The largest absolute Gasteiger partial charge is 0.493 e. The van der Waals surface area contributed by atoms with Crippen molar-refractivity contribution >= 4 is 29.0 Å². The number of benzene rings is 3. The lowest BCUT2D eigenvalue weighted by molar-refractivity contribution is -0.115. The van der Waals surface area contributed by atoms with Gasteiger partial charge in [-0.1, -0.05) is 79.7 Å². The number of amides is 2. The lowest BCUT2D eigenvalue weighted by Crippen LogP contribution is -2.39. The Bertz CT molecular complexity index is 1280. The van der Waals surface area contributed by atoms with Gasteiger partial charge in [0, 0.05) is 5.92 Å². The number of nitrogens with one attached hydrogen (secondary N) is 1. The lowest BCUT2D eigenvalue weighted by Gasteiger charge is -2.27. The van der Waals surface area contributed by atoms with Gasteiger partial charge in [0.15, 0.2) is 0 Å². The van der Waals surface area contributed by atoms with E-state index in [1.54, 1.807) is 6.08 Å². The summed E-state index contributed by atoms with van der Waals surface area (Å²) < 4.78 is 25.0. The minimum Gasteiger partial charge on any atom is -0.493 e. The molecule has 1 unspecified atom stereocenters. The normalized spacial score (nSPS) is 22.7. The van der Waals surface area contributed by atoms with Crippen LogP contribution < -0.4 is 10.1 Å². The van der Waals surface area contributed by atoms with E-state index in [2.05, 4.69) is 12.2 Å². The number of rotatable bonds is 11. The maximum absolute atomic E-state index is 11.8. The molecule has 0 spiro atoms. The van der Waals surface area contributed by atoms with E-state index in [0.29, 0.717) is 37.1 Å². The first kappa shape index (κ1) is 27.1. The molecule has 8 heteroatoms. The van der Waals surface area contributed by atoms with Crippen molar-refractivity contribution in [1.82, 2.24) is 5.32 Å². The Morgan fingerprint density at radius 1 is 0.923 bits per heavy atom. The third-order valence-electron chi connectivity index (χ3n) is 6.63. The van der Waals surface area contributed by atoms with E-state index in [9.17, 15) is 9.59 Å². The van der Waals surface area contributed by atoms with Crippen LogP contribution in [0.5, 0.6) is 5.75 Å². The molecule has 3 aromatic carbocycles. The van der Waals surface area contributed by atoms with Crippen LogP contribution in [-0.4, -0.2) is 42.7 Å². The Kier molecular flexibility index (Phi) is 9.11. The maximum Gasteiger partial charge on any atom is 0.290 e. The van der Waals surface area contributed by atoms with Gasteiger partial charge in [-0.3, -0.25) is 14.9 Å². The fourth-order valence-corrected chi connectivity index (χ4v) is 5.22. The van der Waals surface area contributed by atoms with Gasteiger partial charge in [-0.25, -0.2) is 0 Å². The third-order valence-corrected chi connectivity index (χ3v) is 7.44. The van der Waals surface area contributed by atoms with Crippen molar-refractivity contribution in [2.24, 2.45) is 5.92 Å². The fourth-order valence-electron chi connectivity index (χ4n) is 4.54. The molecule has 3 aromatic rings. The second kappa shape index (κ2) is 13.1. The number of carbonyl (C=O) groups is 2. The number of thioether (sulfide) groups is 1. The first-order chi connectivity index (χ1) is 19.0. The van der Waals surface area contributed by atoms with E-state index in [-0.39, 0.29) is 35.4 Å². The molecule has 2 aliphatic heterocycles. The fraction of sp³-hybridized carbons (Fsp3) is 0.290. The van der Waals surface area contributed by atoms with Gasteiger partial charge in [0.25, 0.3) is 11.1 Å². The highest BCUT2D eigenvalue weighted by Gasteiger charge is 2.42. The van der Waals surface area contributed by atoms with Gasteiger partial charge >= 0.3 is 0 Å². The molecule has 2 aliphatic rings. The van der Waals surface area contributed by atoms with E-state index < -0.39 is 0 Å². The van der Waals surface area contributed by atoms with Crippen LogP contribution >= 0.6 is 11.8 Å². The molecule has 4 atom stereocenters. The maximum atomic E-state index is 11.8. The minimum absolute atomic E-state index is 0.0440. The molecule has 0 aliphatic carbocycles. The summed E-state index contributed by atoms with van der Waals surface area (Å²) in [4.78, 5) is 23.5. The second-order valence-electron chi connectivity index (χ2n) is 9.60. The van der Waals surface area contributed by atoms with Crippen molar-refractivity contribution in [2.45, 2.75) is 38.4 Å². The molecule has 2 amide bonds. The van der Waals surface area contributed by atoms with Crippen molar-refractivity contribution in [1.29, 1.82) is 0 Å². The lowest BCUT2D eigenvalue weighted by atomic mass is 9.99. The summed E-state index contributed by atoms with van der Waals surface area (Å²) in [7, 11) is 0. The summed E-state index contributed by atoms with van der Waals surface area (Å²) in [6.45, 7) is 3.96. The molecular weight excluding hydrogens is 514 g/mol. The summed E-state index contributed by atoms with van der Waals surface area (Å²) in [6, 6.07) is 27.6. The zero-order chi connectivity index (χ0) is 27.0. The van der Waals surface area contributed by atoms with Gasteiger partial charge in [0.05, 0.1) is 37.4 Å². The average Bonchev–Trinajstić information content (AvgIpc) is 3.52. The van der Waals surface area contributed by atoms with Crippen LogP contribution in [0.25, 0.3) is 6.08 Å². The smallest absolute Gasteiger partial charge is 0.290 e. The third kappa shape index (κ3) is 7.36. The van der Waals surface area contributed by atoms with Gasteiger partial charge in [0.1, 0.15) is 18.0 Å². The molecule has 0 radical (unpaired) electrons. The highest BCUT2D eigenvalue weighted by Crippen LogP contribution is 2.29. The topological polar surface area (TPSA) is 83.1 Å². The Morgan fingerprint density at radius 2 is 1.56 bits per heavy atom. The summed E-state index contributed by atoms with van der Waals surface area (Å²) in [6.07, 6.45) is 1.08. The molecule has 5 rings (SSSR count). The first-order valence-electron chi connectivity index (χ1n) is 13.0. The van der Waals surface area contributed by atoms with Gasteiger partial charge in [-0.15, -0.1) is 0 Å². The van der Waals surface area contributed by atoms with Crippen molar-refractivity contribution in [3.05, 3.63) is 107 Å². The highest BCUT2D eigenvalue weighted by molar-refractivity contribution is 8.18. The Hall–Kier alpha value is -3.43. The van der Waals surface area contributed by atoms with Gasteiger partial charge < -0.3 is 18.9 Å². The molecule has 2 heterocycles. The standard InChI is InChI=1S/C31H31NO6S/c1-21(17-35-25-14-12-22(13-15-25)16-27-30(33)32-31(34)39-27)28-29(37-19-24-10-6-3-7-11-24)26(20-38-28)36-18-23-8-4-2-5-9-23/h2-16,21,26,28-29H,17-20H2,1H3,(H,32,33,34)/b27-16-/t21?,26-,28+,29-/m1/s1. The molecule has 2 fully saturated rings. The molecule has 0 saturated carbocycles.